The van der Waals surface area contributed by atoms with E-state index in [9.17, 15) is 19.2 Å². The van der Waals surface area contributed by atoms with Gasteiger partial charge in [-0.25, -0.2) is 4.79 Å². The first-order chi connectivity index (χ1) is 9.97. The summed E-state index contributed by atoms with van der Waals surface area (Å²) in [6.45, 7) is 0.400. The Bertz CT molecular complexity index is 432. The van der Waals surface area contributed by atoms with Gasteiger partial charge in [-0.2, -0.15) is 0 Å². The number of β-amino-alcohol motifs (C(OH)–C–C–N with tert-alkyl or cyclic N) is 1. The van der Waals surface area contributed by atoms with Crippen molar-refractivity contribution in [1.82, 2.24) is 5.32 Å². The number of aliphatic carboxylic acids is 4. The van der Waals surface area contributed by atoms with Gasteiger partial charge in [0.1, 0.15) is 6.04 Å². The van der Waals surface area contributed by atoms with E-state index in [0.717, 1.165) is 0 Å². The van der Waals surface area contributed by atoms with Crippen molar-refractivity contribution in [2.24, 2.45) is 0 Å². The summed E-state index contributed by atoms with van der Waals surface area (Å²) in [6, 6.07) is -0.542. The second-order valence-corrected chi connectivity index (χ2v) is 4.67. The van der Waals surface area contributed by atoms with Crippen molar-refractivity contribution in [2.45, 2.75) is 37.0 Å². The van der Waals surface area contributed by atoms with Gasteiger partial charge in [-0.15, -0.1) is 0 Å². The molecule has 0 radical (unpaired) electrons. The second-order valence-electron chi connectivity index (χ2n) is 4.67. The number of carbonyl (C=O) groups is 4. The van der Waals surface area contributed by atoms with Crippen LogP contribution in [0.1, 0.15) is 19.3 Å². The van der Waals surface area contributed by atoms with Gasteiger partial charge >= 0.3 is 23.9 Å². The second kappa shape index (κ2) is 8.26. The van der Waals surface area contributed by atoms with E-state index in [1.807, 2.05) is 0 Å². The zero-order valence-electron chi connectivity index (χ0n) is 11.3. The van der Waals surface area contributed by atoms with Gasteiger partial charge in [0.05, 0.1) is 18.9 Å². The van der Waals surface area contributed by atoms with Crippen LogP contribution in [0.4, 0.5) is 0 Å². The molecule has 0 aromatic carbocycles. The fraction of sp³-hybridized carbons (Fsp3) is 0.636. The van der Waals surface area contributed by atoms with Crippen LogP contribution in [0.3, 0.4) is 0 Å². The molecule has 1 saturated heterocycles. The summed E-state index contributed by atoms with van der Waals surface area (Å²) in [6.07, 6.45) is -2.44. The third-order valence-electron chi connectivity index (χ3n) is 2.69. The predicted molar refractivity (Wildman–Crippen MR) is 67.1 cm³/mol. The number of aliphatic hydroxyl groups is 2. The van der Waals surface area contributed by atoms with Crippen molar-refractivity contribution in [3.63, 3.8) is 0 Å². The average Bonchev–Trinajstić information content (AvgIpc) is 2.74. The Morgan fingerprint density at radius 1 is 1.00 bits per heavy atom. The monoisotopic (exact) mass is 323 g/mol. The Hall–Kier alpha value is -2.24. The number of hydrogen-bond acceptors (Lipinski definition) is 7. The first kappa shape index (κ1) is 19.8. The minimum absolute atomic E-state index is 0.329. The van der Waals surface area contributed by atoms with E-state index in [1.165, 1.54) is 0 Å². The molecule has 1 aliphatic heterocycles. The van der Waals surface area contributed by atoms with Gasteiger partial charge in [0.2, 0.25) is 0 Å². The number of hydrogen-bond donors (Lipinski definition) is 7. The average molecular weight is 323 g/mol. The van der Waals surface area contributed by atoms with E-state index in [-0.39, 0.29) is 0 Å². The highest BCUT2D eigenvalue weighted by Crippen LogP contribution is 2.15. The Balaban J connectivity index is 0.000000425. The molecule has 0 saturated carbocycles. The third-order valence-corrected chi connectivity index (χ3v) is 2.69. The quantitative estimate of drug-likeness (QED) is 0.273. The maximum Gasteiger partial charge on any atom is 0.336 e. The normalized spacial score (nSPS) is 20.6. The SMILES string of the molecule is O=C(O)CC(O)(CC(=O)O)C(=O)O.O=C(O)[C@@H]1C[C@@H](O)CN1. The summed E-state index contributed by atoms with van der Waals surface area (Å²) in [5.41, 5.74) is -2.74. The lowest BCUT2D eigenvalue weighted by Crippen LogP contribution is -2.42. The molecule has 7 N–H and O–H groups in total. The van der Waals surface area contributed by atoms with E-state index in [1.54, 1.807) is 0 Å². The van der Waals surface area contributed by atoms with E-state index in [4.69, 9.17) is 30.6 Å². The lowest BCUT2D eigenvalue weighted by molar-refractivity contribution is -0.170. The summed E-state index contributed by atoms with van der Waals surface area (Å²) < 4.78 is 0. The highest BCUT2D eigenvalue weighted by molar-refractivity contribution is 5.88. The van der Waals surface area contributed by atoms with E-state index in [0.29, 0.717) is 13.0 Å². The molecule has 2 atom stereocenters. The summed E-state index contributed by atoms with van der Waals surface area (Å²) in [7, 11) is 0. The maximum absolute atomic E-state index is 10.3. The van der Waals surface area contributed by atoms with E-state index in [2.05, 4.69) is 5.32 Å². The Morgan fingerprint density at radius 3 is 1.64 bits per heavy atom. The van der Waals surface area contributed by atoms with Gasteiger partial charge in [-0.05, 0) is 0 Å². The van der Waals surface area contributed by atoms with Gasteiger partial charge in [-0.1, -0.05) is 0 Å². The van der Waals surface area contributed by atoms with Crippen LogP contribution in [0.5, 0.6) is 0 Å². The van der Waals surface area contributed by atoms with Crippen LogP contribution in [0.15, 0.2) is 0 Å². The molecule has 11 heteroatoms. The molecule has 0 aromatic heterocycles. The number of nitrogens with one attached hydrogen (secondary N) is 1. The van der Waals surface area contributed by atoms with Crippen molar-refractivity contribution < 1.29 is 49.8 Å². The van der Waals surface area contributed by atoms with Crippen LogP contribution in [0, 0.1) is 0 Å². The highest BCUT2D eigenvalue weighted by Gasteiger charge is 2.40. The van der Waals surface area contributed by atoms with Gasteiger partial charge in [0, 0.05) is 13.0 Å². The molecule has 0 bridgehead atoms. The van der Waals surface area contributed by atoms with Crippen LogP contribution in [-0.2, 0) is 19.2 Å². The zero-order valence-corrected chi connectivity index (χ0v) is 11.3. The molecule has 0 aliphatic carbocycles. The van der Waals surface area contributed by atoms with Crippen LogP contribution in [-0.4, -0.2) is 78.8 Å². The predicted octanol–water partition coefficient (Wildman–Crippen LogP) is -2.45. The lowest BCUT2D eigenvalue weighted by atomic mass is 9.96. The number of carboxylic acid groups (broad SMARTS) is 4. The van der Waals surface area contributed by atoms with Gasteiger partial charge < -0.3 is 36.0 Å². The van der Waals surface area contributed by atoms with Crippen LogP contribution < -0.4 is 5.32 Å². The molecule has 1 fully saturated rings. The summed E-state index contributed by atoms with van der Waals surface area (Å²) in [5, 5.41) is 53.6. The molecular formula is C11H17NO10. The molecule has 0 spiro atoms. The van der Waals surface area contributed by atoms with Gasteiger partial charge in [0.15, 0.2) is 5.60 Å². The minimum Gasteiger partial charge on any atom is -0.481 e. The summed E-state index contributed by atoms with van der Waals surface area (Å²) in [4.78, 5) is 40.7. The van der Waals surface area contributed by atoms with Crippen molar-refractivity contribution >= 4 is 23.9 Å². The number of rotatable bonds is 6. The lowest BCUT2D eigenvalue weighted by Gasteiger charge is -2.18. The topological polar surface area (TPSA) is 202 Å². The molecule has 0 unspecified atom stereocenters. The largest absolute Gasteiger partial charge is 0.481 e. The van der Waals surface area contributed by atoms with Crippen LogP contribution in [0.2, 0.25) is 0 Å². The smallest absolute Gasteiger partial charge is 0.336 e. The van der Waals surface area contributed by atoms with Crippen molar-refractivity contribution in [3.8, 4) is 0 Å². The Kier molecular flexibility index (Phi) is 7.42. The molecule has 126 valence electrons. The van der Waals surface area contributed by atoms with Crippen molar-refractivity contribution in [2.75, 3.05) is 6.54 Å². The zero-order chi connectivity index (χ0) is 17.5. The number of aliphatic hydroxyl groups excluding tert-OH is 1. The molecule has 11 nitrogen and oxygen atoms in total. The molecule has 22 heavy (non-hydrogen) atoms. The highest BCUT2D eigenvalue weighted by atomic mass is 16.4. The fourth-order valence-corrected chi connectivity index (χ4v) is 1.62. The first-order valence-corrected chi connectivity index (χ1v) is 6.01. The summed E-state index contributed by atoms with van der Waals surface area (Å²) >= 11 is 0. The van der Waals surface area contributed by atoms with Crippen LogP contribution >= 0.6 is 0 Å². The van der Waals surface area contributed by atoms with E-state index >= 15 is 0 Å². The Labute approximate surface area is 123 Å². The number of carboxylic acids is 4. The van der Waals surface area contributed by atoms with Gasteiger partial charge in [-0.3, -0.25) is 14.4 Å². The van der Waals surface area contributed by atoms with Crippen LogP contribution in [0.25, 0.3) is 0 Å². The summed E-state index contributed by atoms with van der Waals surface area (Å²) in [5.74, 6) is -5.90. The fourth-order valence-electron chi connectivity index (χ4n) is 1.62. The van der Waals surface area contributed by atoms with Gasteiger partial charge in [0.25, 0.3) is 0 Å². The van der Waals surface area contributed by atoms with E-state index < -0.39 is 54.5 Å². The standard InChI is InChI=1S/C6H8O7.C5H9NO3/c7-3(8)1-6(13,5(11)12)2-4(9)10;7-3-1-4(5(8)9)6-2-3/h13H,1-2H2,(H,7,8)(H,9,10)(H,11,12);3-4,6-7H,1-2H2,(H,8,9)/t;3-,4+/m.1/s1. The first-order valence-electron chi connectivity index (χ1n) is 6.01. The molecule has 1 aliphatic rings. The third kappa shape index (κ3) is 6.97. The minimum atomic E-state index is -2.74. The molecule has 0 aromatic rings. The Morgan fingerprint density at radius 2 is 1.45 bits per heavy atom. The molecular weight excluding hydrogens is 306 g/mol. The van der Waals surface area contributed by atoms with Crippen molar-refractivity contribution in [3.05, 3.63) is 0 Å². The molecule has 0 amide bonds. The maximum atomic E-state index is 10.3. The molecule has 1 rings (SSSR count). The van der Waals surface area contributed by atoms with Crippen molar-refractivity contribution in [1.29, 1.82) is 0 Å². The molecule has 1 heterocycles.